The molecule has 3 aromatic rings. The summed E-state index contributed by atoms with van der Waals surface area (Å²) < 4.78 is 15.2. The fourth-order valence-corrected chi connectivity index (χ4v) is 4.32. The zero-order chi connectivity index (χ0) is 20.4. The summed E-state index contributed by atoms with van der Waals surface area (Å²) in [6, 6.07) is 5.60. The van der Waals surface area contributed by atoms with E-state index >= 15 is 0 Å². The summed E-state index contributed by atoms with van der Waals surface area (Å²) in [5.41, 5.74) is 3.27. The van der Waals surface area contributed by atoms with Crippen LogP contribution in [0.4, 0.5) is 16.4 Å². The summed E-state index contributed by atoms with van der Waals surface area (Å²) in [7, 11) is 1.35. The van der Waals surface area contributed by atoms with Crippen LogP contribution in [0.5, 0.6) is 0 Å². The Kier molecular flexibility index (Phi) is 5.60. The third-order valence-electron chi connectivity index (χ3n) is 4.48. The van der Waals surface area contributed by atoms with Gasteiger partial charge < -0.3 is 25.0 Å². The summed E-state index contributed by atoms with van der Waals surface area (Å²) in [5.74, 6) is -0.419. The fraction of sp³-hybridized carbons (Fsp3) is 0.333. The zero-order valence-electron chi connectivity index (χ0n) is 15.9. The standard InChI is InChI=1S/C18H19N5O4S2/c1-10-9-11(17(24)25-2)16(29-10)20-18(28)19-12-3-4-13(15-14(12)21-27-22-15)23-5-7-26-8-6-23/h3-4,9H,5-8H2,1-2H3,(H2,19,20,28). The largest absolute Gasteiger partial charge is 0.465 e. The quantitative estimate of drug-likeness (QED) is 0.471. The molecule has 0 aliphatic carbocycles. The van der Waals surface area contributed by atoms with E-state index in [0.717, 1.165) is 23.7 Å². The number of carbonyl (C=O) groups excluding carboxylic acids is 1. The van der Waals surface area contributed by atoms with E-state index in [9.17, 15) is 4.79 Å². The minimum absolute atomic E-state index is 0.320. The molecule has 0 atom stereocenters. The number of aryl methyl sites for hydroxylation is 1. The second-order valence-corrected chi connectivity index (χ2v) is 8.03. The lowest BCUT2D eigenvalue weighted by Crippen LogP contribution is -2.36. The van der Waals surface area contributed by atoms with Crippen molar-refractivity contribution in [2.45, 2.75) is 6.92 Å². The Labute approximate surface area is 175 Å². The lowest BCUT2D eigenvalue weighted by Gasteiger charge is -2.28. The van der Waals surface area contributed by atoms with E-state index in [1.807, 2.05) is 19.1 Å². The molecule has 11 heteroatoms. The number of aromatic nitrogens is 2. The second kappa shape index (κ2) is 8.31. The average Bonchev–Trinajstić information content (AvgIpc) is 3.35. The normalized spacial score (nSPS) is 14.1. The predicted molar refractivity (Wildman–Crippen MR) is 115 cm³/mol. The van der Waals surface area contributed by atoms with Gasteiger partial charge in [-0.1, -0.05) is 0 Å². The maximum atomic E-state index is 12.0. The summed E-state index contributed by atoms with van der Waals surface area (Å²) in [4.78, 5) is 15.1. The van der Waals surface area contributed by atoms with Gasteiger partial charge in [-0.3, -0.25) is 0 Å². The molecule has 2 N–H and O–H groups in total. The van der Waals surface area contributed by atoms with E-state index in [4.69, 9.17) is 26.3 Å². The van der Waals surface area contributed by atoms with Crippen LogP contribution < -0.4 is 15.5 Å². The summed E-state index contributed by atoms with van der Waals surface area (Å²) in [6.07, 6.45) is 0. The molecule has 0 unspecified atom stereocenters. The van der Waals surface area contributed by atoms with Gasteiger partial charge in [0.1, 0.15) is 5.00 Å². The fourth-order valence-electron chi connectivity index (χ4n) is 3.14. The molecule has 2 aromatic heterocycles. The van der Waals surface area contributed by atoms with E-state index in [1.54, 1.807) is 6.07 Å². The Hall–Kier alpha value is -2.76. The van der Waals surface area contributed by atoms with Crippen LogP contribution in [0.2, 0.25) is 0 Å². The molecule has 0 radical (unpaired) electrons. The highest BCUT2D eigenvalue weighted by atomic mass is 32.1. The highest BCUT2D eigenvalue weighted by Crippen LogP contribution is 2.31. The summed E-state index contributed by atoms with van der Waals surface area (Å²) in [6.45, 7) is 4.81. The van der Waals surface area contributed by atoms with E-state index in [1.165, 1.54) is 18.4 Å². The molecule has 0 spiro atoms. The van der Waals surface area contributed by atoms with Crippen molar-refractivity contribution in [3.8, 4) is 0 Å². The number of thiophene rings is 1. The summed E-state index contributed by atoms with van der Waals surface area (Å²) in [5, 5.41) is 15.2. The number of methoxy groups -OCH3 is 1. The Morgan fingerprint density at radius 1 is 1.24 bits per heavy atom. The van der Waals surface area contributed by atoms with Gasteiger partial charge in [0.15, 0.2) is 16.1 Å². The van der Waals surface area contributed by atoms with Crippen LogP contribution in [-0.2, 0) is 9.47 Å². The number of nitrogens with zero attached hydrogens (tertiary/aromatic N) is 3. The Morgan fingerprint density at radius 2 is 2.00 bits per heavy atom. The average molecular weight is 434 g/mol. The van der Waals surface area contributed by atoms with Crippen LogP contribution in [0, 0.1) is 6.92 Å². The van der Waals surface area contributed by atoms with Crippen LogP contribution in [-0.4, -0.2) is 54.8 Å². The van der Waals surface area contributed by atoms with Gasteiger partial charge in [-0.05, 0) is 47.7 Å². The minimum Gasteiger partial charge on any atom is -0.465 e. The molecule has 29 heavy (non-hydrogen) atoms. The molecule has 1 aliphatic rings. The van der Waals surface area contributed by atoms with Gasteiger partial charge in [0.2, 0.25) is 0 Å². The van der Waals surface area contributed by atoms with Gasteiger partial charge in [-0.2, -0.15) is 0 Å². The van der Waals surface area contributed by atoms with Crippen molar-refractivity contribution in [1.29, 1.82) is 0 Å². The zero-order valence-corrected chi connectivity index (χ0v) is 17.5. The molecule has 4 rings (SSSR count). The lowest BCUT2D eigenvalue weighted by atomic mass is 10.2. The molecule has 152 valence electrons. The number of fused-ring (bicyclic) bond motifs is 1. The van der Waals surface area contributed by atoms with Gasteiger partial charge >= 0.3 is 5.97 Å². The number of nitrogens with one attached hydrogen (secondary N) is 2. The Morgan fingerprint density at radius 3 is 2.76 bits per heavy atom. The number of anilines is 3. The third-order valence-corrected chi connectivity index (χ3v) is 5.65. The number of hydrogen-bond donors (Lipinski definition) is 2. The van der Waals surface area contributed by atoms with Gasteiger partial charge in [0.05, 0.1) is 37.3 Å². The first-order valence-corrected chi connectivity index (χ1v) is 10.1. The molecular weight excluding hydrogens is 414 g/mol. The van der Waals surface area contributed by atoms with Crippen molar-refractivity contribution < 1.29 is 18.9 Å². The van der Waals surface area contributed by atoms with E-state index in [2.05, 4.69) is 25.8 Å². The highest BCUT2D eigenvalue weighted by Gasteiger charge is 2.20. The number of rotatable bonds is 4. The molecule has 3 heterocycles. The molecular formula is C18H19N5O4S2. The number of hydrogen-bond acceptors (Lipinski definition) is 9. The van der Waals surface area contributed by atoms with Gasteiger partial charge in [0, 0.05) is 18.0 Å². The van der Waals surface area contributed by atoms with Crippen molar-refractivity contribution in [2.75, 3.05) is 48.9 Å². The predicted octanol–water partition coefficient (Wildman–Crippen LogP) is 3.02. The van der Waals surface area contributed by atoms with Gasteiger partial charge in [0.25, 0.3) is 0 Å². The smallest absolute Gasteiger partial charge is 0.340 e. The minimum atomic E-state index is -0.419. The maximum Gasteiger partial charge on any atom is 0.340 e. The van der Waals surface area contributed by atoms with Gasteiger partial charge in [-0.25, -0.2) is 9.42 Å². The lowest BCUT2D eigenvalue weighted by molar-refractivity contribution is 0.0602. The molecule has 9 nitrogen and oxygen atoms in total. The number of ether oxygens (including phenoxy) is 2. The van der Waals surface area contributed by atoms with Crippen molar-refractivity contribution in [3.63, 3.8) is 0 Å². The molecule has 1 aliphatic heterocycles. The maximum absolute atomic E-state index is 12.0. The molecule has 1 aromatic carbocycles. The summed E-state index contributed by atoms with van der Waals surface area (Å²) >= 11 is 6.85. The number of esters is 1. The van der Waals surface area contributed by atoms with Crippen molar-refractivity contribution >= 4 is 62.0 Å². The van der Waals surface area contributed by atoms with E-state index < -0.39 is 5.97 Å². The van der Waals surface area contributed by atoms with E-state index in [-0.39, 0.29) is 0 Å². The molecule has 1 saturated heterocycles. The van der Waals surface area contributed by atoms with Crippen LogP contribution in [0.3, 0.4) is 0 Å². The Bertz CT molecular complexity index is 1060. The highest BCUT2D eigenvalue weighted by molar-refractivity contribution is 7.80. The third kappa shape index (κ3) is 4.02. The first-order chi connectivity index (χ1) is 14.1. The SMILES string of the molecule is COC(=O)c1cc(C)sc1NC(=S)Nc1ccc(N2CCOCC2)c2nonc12. The van der Waals surface area contributed by atoms with Crippen LogP contribution >= 0.6 is 23.6 Å². The Balaban J connectivity index is 1.55. The first-order valence-electron chi connectivity index (χ1n) is 8.91. The number of benzene rings is 1. The van der Waals surface area contributed by atoms with Crippen molar-refractivity contribution in [2.24, 2.45) is 0 Å². The second-order valence-electron chi connectivity index (χ2n) is 6.36. The van der Waals surface area contributed by atoms with Crippen molar-refractivity contribution in [3.05, 3.63) is 28.6 Å². The van der Waals surface area contributed by atoms with Crippen LogP contribution in [0.15, 0.2) is 22.8 Å². The molecule has 0 amide bonds. The van der Waals surface area contributed by atoms with Gasteiger partial charge in [-0.15, -0.1) is 11.3 Å². The van der Waals surface area contributed by atoms with Crippen LogP contribution in [0.25, 0.3) is 11.0 Å². The number of morpholine rings is 1. The monoisotopic (exact) mass is 433 g/mol. The first kappa shape index (κ1) is 19.6. The number of carbonyl (C=O) groups is 1. The topological polar surface area (TPSA) is 102 Å². The molecule has 0 bridgehead atoms. The van der Waals surface area contributed by atoms with Crippen molar-refractivity contribution in [1.82, 2.24) is 10.3 Å². The number of thiocarbonyl (C=S) groups is 1. The van der Waals surface area contributed by atoms with E-state index in [0.29, 0.717) is 45.6 Å². The molecule has 1 fully saturated rings. The molecule has 0 saturated carbocycles. The van der Waals surface area contributed by atoms with Crippen LogP contribution in [0.1, 0.15) is 15.2 Å².